The fourth-order valence-corrected chi connectivity index (χ4v) is 4.67. The van der Waals surface area contributed by atoms with E-state index in [1.165, 1.54) is 18.1 Å². The molecular formula is C21H26N4O2. The Morgan fingerprint density at radius 3 is 2.67 bits per heavy atom. The number of amides is 1. The first-order valence-electron chi connectivity index (χ1n) is 9.74. The molecule has 1 aromatic heterocycles. The number of benzene rings is 1. The molecule has 2 saturated heterocycles. The number of aromatic nitrogens is 2. The van der Waals surface area contributed by atoms with Crippen molar-refractivity contribution in [3.05, 3.63) is 64.3 Å². The zero-order valence-electron chi connectivity index (χ0n) is 15.6. The largest absolute Gasteiger partial charge is 0.338 e. The molecule has 6 nitrogen and oxygen atoms in total. The molecule has 0 radical (unpaired) electrons. The van der Waals surface area contributed by atoms with Crippen LogP contribution in [0, 0.1) is 5.41 Å². The number of carbonyl (C=O) groups is 1. The van der Waals surface area contributed by atoms with Gasteiger partial charge in [-0.25, -0.2) is 4.98 Å². The molecule has 1 unspecified atom stereocenters. The van der Waals surface area contributed by atoms with Crippen molar-refractivity contribution < 1.29 is 4.79 Å². The van der Waals surface area contributed by atoms with Crippen molar-refractivity contribution in [2.24, 2.45) is 5.41 Å². The molecule has 1 spiro atoms. The van der Waals surface area contributed by atoms with Gasteiger partial charge in [0.1, 0.15) is 5.56 Å². The van der Waals surface area contributed by atoms with Crippen LogP contribution in [-0.2, 0) is 6.54 Å². The predicted molar refractivity (Wildman–Crippen MR) is 103 cm³/mol. The molecule has 2 aliphatic rings. The summed E-state index contributed by atoms with van der Waals surface area (Å²) in [6.45, 7) is 4.51. The quantitative estimate of drug-likeness (QED) is 0.905. The van der Waals surface area contributed by atoms with Crippen molar-refractivity contribution in [1.82, 2.24) is 19.8 Å². The Bertz CT molecular complexity index is 847. The van der Waals surface area contributed by atoms with E-state index < -0.39 is 0 Å². The Morgan fingerprint density at radius 2 is 1.89 bits per heavy atom. The number of piperidine rings is 2. The van der Waals surface area contributed by atoms with Crippen molar-refractivity contribution in [2.45, 2.75) is 32.2 Å². The molecule has 27 heavy (non-hydrogen) atoms. The highest BCUT2D eigenvalue weighted by molar-refractivity contribution is 5.93. The summed E-state index contributed by atoms with van der Waals surface area (Å²) in [5, 5.41) is 0. The van der Waals surface area contributed by atoms with Gasteiger partial charge >= 0.3 is 0 Å². The van der Waals surface area contributed by atoms with Gasteiger partial charge in [0.2, 0.25) is 0 Å². The van der Waals surface area contributed by atoms with Crippen LogP contribution in [0.2, 0.25) is 0 Å². The lowest BCUT2D eigenvalue weighted by Gasteiger charge is -2.48. The van der Waals surface area contributed by atoms with Crippen LogP contribution in [0.1, 0.15) is 41.6 Å². The smallest absolute Gasteiger partial charge is 0.263 e. The van der Waals surface area contributed by atoms with Crippen molar-refractivity contribution in [3.63, 3.8) is 0 Å². The maximum Gasteiger partial charge on any atom is 0.263 e. The van der Waals surface area contributed by atoms with Gasteiger partial charge in [0.25, 0.3) is 11.5 Å². The Hall–Kier alpha value is -2.47. The number of rotatable bonds is 3. The monoisotopic (exact) mass is 366 g/mol. The maximum atomic E-state index is 12.9. The minimum Gasteiger partial charge on any atom is -0.338 e. The number of aromatic amines is 1. The summed E-state index contributed by atoms with van der Waals surface area (Å²) in [7, 11) is 0. The highest BCUT2D eigenvalue weighted by Crippen LogP contribution is 2.39. The Kier molecular flexibility index (Phi) is 5.07. The summed E-state index contributed by atoms with van der Waals surface area (Å²) in [5.41, 5.74) is 1.26. The lowest BCUT2D eigenvalue weighted by Crippen LogP contribution is -2.53. The summed E-state index contributed by atoms with van der Waals surface area (Å²) in [6.07, 6.45) is 7.13. The fraction of sp³-hybridized carbons (Fsp3) is 0.476. The molecule has 2 aliphatic heterocycles. The molecule has 2 aromatic rings. The minimum atomic E-state index is -0.357. The predicted octanol–water partition coefficient (Wildman–Crippen LogP) is 2.29. The van der Waals surface area contributed by atoms with E-state index in [-0.39, 0.29) is 22.4 Å². The topological polar surface area (TPSA) is 69.3 Å². The summed E-state index contributed by atoms with van der Waals surface area (Å²) >= 11 is 0. The molecular weight excluding hydrogens is 340 g/mol. The van der Waals surface area contributed by atoms with Gasteiger partial charge in [-0.15, -0.1) is 0 Å². The highest BCUT2D eigenvalue weighted by Gasteiger charge is 2.40. The number of carbonyl (C=O) groups excluding carboxylic acids is 1. The number of hydrogen-bond acceptors (Lipinski definition) is 4. The highest BCUT2D eigenvalue weighted by atomic mass is 16.2. The third-order valence-corrected chi connectivity index (χ3v) is 5.89. The van der Waals surface area contributed by atoms with E-state index in [4.69, 9.17) is 0 Å². The van der Waals surface area contributed by atoms with Crippen LogP contribution in [0.4, 0.5) is 0 Å². The van der Waals surface area contributed by atoms with Crippen molar-refractivity contribution in [2.75, 3.05) is 26.2 Å². The average Bonchev–Trinajstić information content (AvgIpc) is 2.69. The second-order valence-electron chi connectivity index (χ2n) is 7.92. The van der Waals surface area contributed by atoms with E-state index in [1.54, 1.807) is 0 Å². The first kappa shape index (κ1) is 17.9. The molecule has 0 aliphatic carbocycles. The van der Waals surface area contributed by atoms with Gasteiger partial charge in [-0.05, 0) is 37.8 Å². The molecule has 0 bridgehead atoms. The number of nitrogens with zero attached hydrogens (tertiary/aromatic N) is 3. The van der Waals surface area contributed by atoms with E-state index in [0.717, 1.165) is 51.9 Å². The molecule has 6 heteroatoms. The lowest BCUT2D eigenvalue weighted by molar-refractivity contribution is 0.0112. The summed E-state index contributed by atoms with van der Waals surface area (Å²) in [6, 6.07) is 10.6. The number of H-pyrrole nitrogens is 1. The van der Waals surface area contributed by atoms with Gasteiger partial charge in [-0.3, -0.25) is 14.5 Å². The molecule has 1 N–H and O–H groups in total. The number of hydrogen-bond donors (Lipinski definition) is 1. The molecule has 1 aromatic carbocycles. The third-order valence-electron chi connectivity index (χ3n) is 5.89. The SMILES string of the molecule is O=C(c1cnc[nH]c1=O)N1CCCC2(CCCN(Cc3ccccc3)C2)C1. The zero-order chi connectivity index (χ0) is 18.7. The summed E-state index contributed by atoms with van der Waals surface area (Å²) < 4.78 is 0. The van der Waals surface area contributed by atoms with E-state index in [1.807, 2.05) is 11.0 Å². The standard InChI is InChI=1S/C21H26N4O2/c26-19-18(12-22-16-23-19)20(27)25-11-5-9-21(15-25)8-4-10-24(14-21)13-17-6-2-1-3-7-17/h1-3,6-7,12,16H,4-5,8-11,13-15H2,(H,22,23,26). The van der Waals surface area contributed by atoms with E-state index in [0.29, 0.717) is 6.54 Å². The molecule has 1 atom stereocenters. The Labute approximate surface area is 159 Å². The zero-order valence-corrected chi connectivity index (χ0v) is 15.6. The van der Waals surface area contributed by atoms with Crippen LogP contribution in [0.25, 0.3) is 0 Å². The molecule has 142 valence electrons. The van der Waals surface area contributed by atoms with Crippen molar-refractivity contribution >= 4 is 5.91 Å². The van der Waals surface area contributed by atoms with Crippen LogP contribution in [0.3, 0.4) is 0 Å². The van der Waals surface area contributed by atoms with Gasteiger partial charge in [-0.2, -0.15) is 0 Å². The summed E-state index contributed by atoms with van der Waals surface area (Å²) in [4.78, 5) is 35.6. The Balaban J connectivity index is 1.47. The van der Waals surface area contributed by atoms with Gasteiger partial charge in [0, 0.05) is 37.8 Å². The second kappa shape index (κ2) is 7.64. The van der Waals surface area contributed by atoms with E-state index in [2.05, 4.69) is 39.1 Å². The van der Waals surface area contributed by atoms with Crippen LogP contribution < -0.4 is 5.56 Å². The van der Waals surface area contributed by atoms with Gasteiger partial charge in [-0.1, -0.05) is 30.3 Å². The van der Waals surface area contributed by atoms with Gasteiger partial charge < -0.3 is 9.88 Å². The van der Waals surface area contributed by atoms with Crippen LogP contribution in [-0.4, -0.2) is 51.9 Å². The Morgan fingerprint density at radius 1 is 1.11 bits per heavy atom. The first-order chi connectivity index (χ1) is 13.2. The van der Waals surface area contributed by atoms with Crippen LogP contribution in [0.5, 0.6) is 0 Å². The fourth-order valence-electron chi connectivity index (χ4n) is 4.67. The normalized spacial score (nSPS) is 23.5. The third kappa shape index (κ3) is 3.95. The molecule has 0 saturated carbocycles. The number of nitrogens with one attached hydrogen (secondary N) is 1. The molecule has 2 fully saturated rings. The van der Waals surface area contributed by atoms with E-state index >= 15 is 0 Å². The molecule has 4 rings (SSSR count). The van der Waals surface area contributed by atoms with Crippen molar-refractivity contribution in [3.8, 4) is 0 Å². The second-order valence-corrected chi connectivity index (χ2v) is 7.92. The van der Waals surface area contributed by atoms with Gasteiger partial charge in [0.15, 0.2) is 0 Å². The van der Waals surface area contributed by atoms with Crippen LogP contribution in [0.15, 0.2) is 47.7 Å². The van der Waals surface area contributed by atoms with Crippen molar-refractivity contribution in [1.29, 1.82) is 0 Å². The average molecular weight is 366 g/mol. The number of likely N-dealkylation sites (tertiary alicyclic amines) is 2. The first-order valence-corrected chi connectivity index (χ1v) is 9.74. The van der Waals surface area contributed by atoms with Crippen LogP contribution >= 0.6 is 0 Å². The summed E-state index contributed by atoms with van der Waals surface area (Å²) in [5.74, 6) is -0.191. The van der Waals surface area contributed by atoms with Gasteiger partial charge in [0.05, 0.1) is 6.33 Å². The molecule has 3 heterocycles. The van der Waals surface area contributed by atoms with E-state index in [9.17, 15) is 9.59 Å². The molecule has 1 amide bonds. The minimum absolute atomic E-state index is 0.135. The lowest BCUT2D eigenvalue weighted by atomic mass is 9.73. The maximum absolute atomic E-state index is 12.9.